The Morgan fingerprint density at radius 1 is 1.20 bits per heavy atom. The van der Waals surface area contributed by atoms with E-state index in [0.29, 0.717) is 55.0 Å². The molecule has 0 spiro atoms. The molecule has 2 unspecified atom stereocenters. The molecule has 1 aromatic carbocycles. The van der Waals surface area contributed by atoms with E-state index < -0.39 is 6.36 Å². The van der Waals surface area contributed by atoms with Crippen molar-refractivity contribution in [2.45, 2.75) is 57.7 Å². The van der Waals surface area contributed by atoms with E-state index >= 15 is 0 Å². The SMILES string of the molecule is COC1COCCC1NC1CCN(C(=O)c2c(C)nn(-c3cccc(OC(F)(F)F)c3)c2C)CC1. The number of alkyl halides is 3. The van der Waals surface area contributed by atoms with Crippen LogP contribution in [0, 0.1) is 13.8 Å². The van der Waals surface area contributed by atoms with Crippen molar-refractivity contribution in [2.75, 3.05) is 33.4 Å². The molecule has 2 aliphatic rings. The second-order valence-corrected chi connectivity index (χ2v) is 8.98. The maximum atomic E-state index is 13.4. The number of aryl methyl sites for hydroxylation is 1. The van der Waals surface area contributed by atoms with Crippen molar-refractivity contribution >= 4 is 5.91 Å². The summed E-state index contributed by atoms with van der Waals surface area (Å²) in [7, 11) is 1.69. The lowest BCUT2D eigenvalue weighted by Crippen LogP contribution is -2.54. The Morgan fingerprint density at radius 2 is 1.94 bits per heavy atom. The zero-order valence-corrected chi connectivity index (χ0v) is 20.1. The second-order valence-electron chi connectivity index (χ2n) is 8.98. The summed E-state index contributed by atoms with van der Waals surface area (Å²) in [5.74, 6) is -0.460. The van der Waals surface area contributed by atoms with E-state index in [-0.39, 0.29) is 23.8 Å². The molecule has 2 aromatic rings. The van der Waals surface area contributed by atoms with E-state index in [2.05, 4.69) is 15.2 Å². The molecule has 0 saturated carbocycles. The van der Waals surface area contributed by atoms with Gasteiger partial charge in [-0.05, 0) is 45.2 Å². The number of hydrogen-bond donors (Lipinski definition) is 1. The van der Waals surface area contributed by atoms with E-state index in [1.54, 1.807) is 27.0 Å². The van der Waals surface area contributed by atoms with Crippen molar-refractivity contribution in [3.05, 3.63) is 41.2 Å². The summed E-state index contributed by atoms with van der Waals surface area (Å²) < 4.78 is 54.4. The number of nitrogens with zero attached hydrogens (tertiary/aromatic N) is 3. The highest BCUT2D eigenvalue weighted by molar-refractivity contribution is 5.96. The average molecular weight is 497 g/mol. The van der Waals surface area contributed by atoms with Crippen molar-refractivity contribution in [1.29, 1.82) is 0 Å². The Bertz CT molecular complexity index is 1030. The number of nitrogens with one attached hydrogen (secondary N) is 1. The highest BCUT2D eigenvalue weighted by Gasteiger charge is 2.33. The molecule has 1 aromatic heterocycles. The number of carbonyl (C=O) groups is 1. The van der Waals surface area contributed by atoms with Gasteiger partial charge >= 0.3 is 6.36 Å². The Morgan fingerprint density at radius 3 is 2.63 bits per heavy atom. The van der Waals surface area contributed by atoms with Gasteiger partial charge < -0.3 is 24.4 Å². The lowest BCUT2D eigenvalue weighted by molar-refractivity contribution is -0.274. The van der Waals surface area contributed by atoms with Crippen LogP contribution in [0.3, 0.4) is 0 Å². The maximum absolute atomic E-state index is 13.4. The zero-order valence-electron chi connectivity index (χ0n) is 20.1. The number of carbonyl (C=O) groups excluding carboxylic acids is 1. The summed E-state index contributed by atoms with van der Waals surface area (Å²) in [5, 5.41) is 8.11. The van der Waals surface area contributed by atoms with E-state index in [0.717, 1.165) is 19.3 Å². The topological polar surface area (TPSA) is 77.9 Å². The lowest BCUT2D eigenvalue weighted by atomic mass is 9.99. The first-order chi connectivity index (χ1) is 16.7. The Balaban J connectivity index is 1.42. The molecule has 3 heterocycles. The van der Waals surface area contributed by atoms with E-state index in [1.165, 1.54) is 22.9 Å². The monoisotopic (exact) mass is 496 g/mol. The fraction of sp³-hybridized carbons (Fsp3) is 0.583. The molecule has 11 heteroatoms. The molecule has 2 fully saturated rings. The van der Waals surface area contributed by atoms with Gasteiger partial charge in [0.2, 0.25) is 0 Å². The first kappa shape index (κ1) is 25.5. The smallest absolute Gasteiger partial charge is 0.406 e. The van der Waals surface area contributed by atoms with Crippen molar-refractivity contribution < 1.29 is 32.2 Å². The van der Waals surface area contributed by atoms with Crippen LogP contribution in [0.2, 0.25) is 0 Å². The first-order valence-corrected chi connectivity index (χ1v) is 11.7. The van der Waals surface area contributed by atoms with E-state index in [4.69, 9.17) is 9.47 Å². The van der Waals surface area contributed by atoms with Crippen molar-refractivity contribution in [1.82, 2.24) is 20.0 Å². The Kier molecular flexibility index (Phi) is 7.67. The number of hydrogen-bond acceptors (Lipinski definition) is 6. The third-order valence-electron chi connectivity index (χ3n) is 6.64. The number of amides is 1. The number of methoxy groups -OCH3 is 1. The van der Waals surface area contributed by atoms with Crippen LogP contribution in [0.1, 0.15) is 41.0 Å². The molecule has 0 aliphatic carbocycles. The number of piperidine rings is 1. The van der Waals surface area contributed by atoms with Crippen LogP contribution in [0.25, 0.3) is 5.69 Å². The van der Waals surface area contributed by atoms with Crippen LogP contribution >= 0.6 is 0 Å². The molecule has 8 nitrogen and oxygen atoms in total. The second kappa shape index (κ2) is 10.5. The summed E-state index contributed by atoms with van der Waals surface area (Å²) in [6.45, 7) is 5.99. The number of halogens is 3. The van der Waals surface area contributed by atoms with Gasteiger partial charge in [-0.2, -0.15) is 5.10 Å². The van der Waals surface area contributed by atoms with Gasteiger partial charge in [-0.25, -0.2) is 4.68 Å². The molecule has 1 amide bonds. The molecule has 192 valence electrons. The summed E-state index contributed by atoms with van der Waals surface area (Å²) >= 11 is 0. The molecule has 2 atom stereocenters. The molecular formula is C24H31F3N4O4. The number of rotatable bonds is 6. The zero-order chi connectivity index (χ0) is 25.2. The normalized spacial score (nSPS) is 21.8. The van der Waals surface area contributed by atoms with Crippen LogP contribution in [-0.2, 0) is 9.47 Å². The molecule has 35 heavy (non-hydrogen) atoms. The first-order valence-electron chi connectivity index (χ1n) is 11.7. The van der Waals surface area contributed by atoms with Gasteiger partial charge in [0.15, 0.2) is 0 Å². The van der Waals surface area contributed by atoms with E-state index in [9.17, 15) is 18.0 Å². The third-order valence-corrected chi connectivity index (χ3v) is 6.64. The van der Waals surface area contributed by atoms with Crippen molar-refractivity contribution in [2.24, 2.45) is 0 Å². The molecule has 2 aliphatic heterocycles. The van der Waals surface area contributed by atoms with Gasteiger partial charge in [-0.15, -0.1) is 13.2 Å². The highest BCUT2D eigenvalue weighted by atomic mass is 19.4. The summed E-state index contributed by atoms with van der Waals surface area (Å²) in [4.78, 5) is 15.2. The fourth-order valence-electron chi connectivity index (χ4n) is 4.86. The molecular weight excluding hydrogens is 465 g/mol. The van der Waals surface area contributed by atoms with Crippen molar-refractivity contribution in [3.8, 4) is 11.4 Å². The minimum Gasteiger partial charge on any atom is -0.406 e. The molecule has 0 radical (unpaired) electrons. The van der Waals surface area contributed by atoms with Gasteiger partial charge in [-0.3, -0.25) is 4.79 Å². The number of ether oxygens (including phenoxy) is 3. The third kappa shape index (κ3) is 5.96. The average Bonchev–Trinajstić information content (AvgIpc) is 3.12. The minimum atomic E-state index is -4.79. The van der Waals surface area contributed by atoms with Crippen LogP contribution in [-0.4, -0.2) is 78.6 Å². The van der Waals surface area contributed by atoms with Crippen LogP contribution in [0.4, 0.5) is 13.2 Å². The number of aromatic nitrogens is 2. The predicted molar refractivity (Wildman–Crippen MR) is 122 cm³/mol. The van der Waals surface area contributed by atoms with Gasteiger partial charge in [-0.1, -0.05) is 6.07 Å². The molecule has 4 rings (SSSR count). The lowest BCUT2D eigenvalue weighted by Gasteiger charge is -2.38. The molecule has 2 saturated heterocycles. The quantitative estimate of drug-likeness (QED) is 0.661. The minimum absolute atomic E-state index is 0.0274. The van der Waals surface area contributed by atoms with Gasteiger partial charge in [0, 0.05) is 45.0 Å². The number of likely N-dealkylation sites (tertiary alicyclic amines) is 1. The number of benzene rings is 1. The largest absolute Gasteiger partial charge is 0.573 e. The van der Waals surface area contributed by atoms with Gasteiger partial charge in [0.05, 0.1) is 35.3 Å². The molecule has 1 N–H and O–H groups in total. The highest BCUT2D eigenvalue weighted by Crippen LogP contribution is 2.27. The standard InChI is InChI=1S/C24H31F3N4O4/c1-15-22(16(2)31(29-15)18-5-4-6-19(13-18)35-24(25,26)27)23(32)30-10-7-17(8-11-30)28-20-9-12-34-14-21(20)33-3/h4-6,13,17,20-21,28H,7-12,14H2,1-3H3. The van der Waals surface area contributed by atoms with Crippen LogP contribution in [0.15, 0.2) is 24.3 Å². The summed E-state index contributed by atoms with van der Waals surface area (Å²) in [6, 6.07) is 6.09. The fourth-order valence-corrected chi connectivity index (χ4v) is 4.86. The van der Waals surface area contributed by atoms with Crippen LogP contribution < -0.4 is 10.1 Å². The Hall–Kier alpha value is -2.63. The van der Waals surface area contributed by atoms with Gasteiger partial charge in [0.1, 0.15) is 5.75 Å². The maximum Gasteiger partial charge on any atom is 0.573 e. The van der Waals surface area contributed by atoms with Crippen molar-refractivity contribution in [3.63, 3.8) is 0 Å². The summed E-state index contributed by atoms with van der Waals surface area (Å²) in [6.07, 6.45) is -2.22. The molecule has 0 bridgehead atoms. The summed E-state index contributed by atoms with van der Waals surface area (Å²) in [5.41, 5.74) is 1.96. The van der Waals surface area contributed by atoms with E-state index in [1.807, 2.05) is 4.90 Å². The van der Waals surface area contributed by atoms with Gasteiger partial charge in [0.25, 0.3) is 5.91 Å². The predicted octanol–water partition coefficient (Wildman–Crippen LogP) is 3.39. The van der Waals surface area contributed by atoms with Crippen LogP contribution in [0.5, 0.6) is 5.75 Å². The Labute approximate surface area is 202 Å².